The minimum absolute atomic E-state index is 0.0899. The van der Waals surface area contributed by atoms with Gasteiger partial charge < -0.3 is 15.7 Å². The van der Waals surface area contributed by atoms with Gasteiger partial charge in [0.1, 0.15) is 5.75 Å². The van der Waals surface area contributed by atoms with E-state index >= 15 is 0 Å². The third-order valence-electron chi connectivity index (χ3n) is 2.64. The van der Waals surface area contributed by atoms with Crippen molar-refractivity contribution in [3.05, 3.63) is 54.1 Å². The number of rotatable bonds is 2. The van der Waals surface area contributed by atoms with Crippen LogP contribution in [0, 0.1) is 6.92 Å². The summed E-state index contributed by atoms with van der Waals surface area (Å²) in [5.74, 6) is -1.43. The van der Waals surface area contributed by atoms with Crippen LogP contribution in [0.2, 0.25) is 0 Å². The molecule has 0 spiro atoms. The third kappa shape index (κ3) is 3.58. The molecule has 0 heterocycles. The molecule has 0 radical (unpaired) electrons. The molecule has 0 bridgehead atoms. The number of hydrogen-bond donors (Lipinski definition) is 3. The summed E-state index contributed by atoms with van der Waals surface area (Å²) < 4.78 is 0. The predicted molar refractivity (Wildman–Crippen MR) is 76.5 cm³/mol. The lowest BCUT2D eigenvalue weighted by molar-refractivity contribution is -0.132. The van der Waals surface area contributed by atoms with Gasteiger partial charge in [0.05, 0.1) is 0 Å². The summed E-state index contributed by atoms with van der Waals surface area (Å²) in [5.41, 5.74) is 2.06. The Kier molecular flexibility index (Phi) is 4.00. The molecule has 0 aliphatic heterocycles. The van der Waals surface area contributed by atoms with Crippen LogP contribution < -0.4 is 10.6 Å². The molecular weight excluding hydrogens is 256 g/mol. The maximum absolute atomic E-state index is 11.7. The number of anilines is 2. The van der Waals surface area contributed by atoms with E-state index in [1.54, 1.807) is 12.1 Å². The average Bonchev–Trinajstić information content (AvgIpc) is 2.44. The normalized spacial score (nSPS) is 9.85. The zero-order chi connectivity index (χ0) is 14.5. The first-order valence-electron chi connectivity index (χ1n) is 6.02. The first-order chi connectivity index (χ1) is 9.54. The molecule has 0 aromatic heterocycles. The topological polar surface area (TPSA) is 78.4 Å². The highest BCUT2D eigenvalue weighted by atomic mass is 16.3. The predicted octanol–water partition coefficient (Wildman–Crippen LogP) is 2.28. The lowest BCUT2D eigenvalue weighted by atomic mass is 10.2. The Morgan fingerprint density at radius 3 is 1.65 bits per heavy atom. The maximum atomic E-state index is 11.7. The van der Waals surface area contributed by atoms with Crippen molar-refractivity contribution in [3.8, 4) is 5.75 Å². The molecule has 0 aliphatic rings. The van der Waals surface area contributed by atoms with E-state index < -0.39 is 11.8 Å². The van der Waals surface area contributed by atoms with Gasteiger partial charge in [0.2, 0.25) is 0 Å². The van der Waals surface area contributed by atoms with Crippen molar-refractivity contribution in [3.63, 3.8) is 0 Å². The van der Waals surface area contributed by atoms with E-state index in [2.05, 4.69) is 10.6 Å². The van der Waals surface area contributed by atoms with Crippen LogP contribution >= 0.6 is 0 Å². The molecule has 5 heteroatoms. The Labute approximate surface area is 116 Å². The molecule has 2 aromatic carbocycles. The van der Waals surface area contributed by atoms with Crippen molar-refractivity contribution in [1.29, 1.82) is 0 Å². The monoisotopic (exact) mass is 270 g/mol. The maximum Gasteiger partial charge on any atom is 0.314 e. The zero-order valence-corrected chi connectivity index (χ0v) is 10.9. The molecule has 0 saturated heterocycles. The fourth-order valence-electron chi connectivity index (χ4n) is 1.56. The second kappa shape index (κ2) is 5.88. The largest absolute Gasteiger partial charge is 0.508 e. The highest BCUT2D eigenvalue weighted by molar-refractivity contribution is 6.43. The number of carbonyl (C=O) groups is 2. The van der Waals surface area contributed by atoms with Crippen LogP contribution in [0.4, 0.5) is 11.4 Å². The van der Waals surface area contributed by atoms with Crippen LogP contribution in [0.1, 0.15) is 5.56 Å². The van der Waals surface area contributed by atoms with Gasteiger partial charge in [-0.1, -0.05) is 17.7 Å². The lowest BCUT2D eigenvalue weighted by Crippen LogP contribution is -2.29. The smallest absolute Gasteiger partial charge is 0.314 e. The van der Waals surface area contributed by atoms with E-state index in [-0.39, 0.29) is 5.75 Å². The Morgan fingerprint density at radius 2 is 1.20 bits per heavy atom. The van der Waals surface area contributed by atoms with Gasteiger partial charge in [-0.2, -0.15) is 0 Å². The number of aryl methyl sites for hydroxylation is 1. The Bertz CT molecular complexity index is 561. The Morgan fingerprint density at radius 1 is 0.800 bits per heavy atom. The molecule has 20 heavy (non-hydrogen) atoms. The second-order valence-corrected chi connectivity index (χ2v) is 4.32. The molecule has 2 amide bonds. The summed E-state index contributed by atoms with van der Waals surface area (Å²) in [6.45, 7) is 1.93. The van der Waals surface area contributed by atoms with Gasteiger partial charge in [-0.05, 0) is 43.3 Å². The fraction of sp³-hybridized carbons (Fsp3) is 0.0667. The number of hydrogen-bond acceptors (Lipinski definition) is 3. The van der Waals surface area contributed by atoms with E-state index in [1.807, 2.05) is 19.1 Å². The van der Waals surface area contributed by atoms with Crippen LogP contribution in [-0.2, 0) is 9.59 Å². The highest BCUT2D eigenvalue weighted by Gasteiger charge is 2.13. The molecule has 0 saturated carbocycles. The average molecular weight is 270 g/mol. The molecule has 0 atom stereocenters. The van der Waals surface area contributed by atoms with Gasteiger partial charge in [0.15, 0.2) is 0 Å². The molecule has 102 valence electrons. The van der Waals surface area contributed by atoms with E-state index in [1.165, 1.54) is 24.3 Å². The molecule has 2 aromatic rings. The molecular formula is C15H14N2O3. The van der Waals surface area contributed by atoms with E-state index in [4.69, 9.17) is 5.11 Å². The number of carbonyl (C=O) groups excluding carboxylic acids is 2. The number of phenolic OH excluding ortho intramolecular Hbond substituents is 1. The van der Waals surface area contributed by atoms with Crippen LogP contribution in [-0.4, -0.2) is 16.9 Å². The van der Waals surface area contributed by atoms with Gasteiger partial charge >= 0.3 is 11.8 Å². The highest BCUT2D eigenvalue weighted by Crippen LogP contribution is 2.14. The molecule has 0 aliphatic carbocycles. The first-order valence-corrected chi connectivity index (χ1v) is 6.02. The summed E-state index contributed by atoms with van der Waals surface area (Å²) in [5, 5.41) is 14.1. The van der Waals surface area contributed by atoms with Gasteiger partial charge in [-0.15, -0.1) is 0 Å². The standard InChI is InChI=1S/C15H14N2O3/c1-10-2-4-11(5-3-10)16-14(19)15(20)17-12-6-8-13(18)9-7-12/h2-9,18H,1H3,(H,16,19)(H,17,20). The van der Waals surface area contributed by atoms with Gasteiger partial charge in [0.25, 0.3) is 0 Å². The van der Waals surface area contributed by atoms with Gasteiger partial charge in [-0.25, -0.2) is 0 Å². The van der Waals surface area contributed by atoms with Crippen molar-refractivity contribution in [1.82, 2.24) is 0 Å². The second-order valence-electron chi connectivity index (χ2n) is 4.32. The Balaban J connectivity index is 1.96. The number of amides is 2. The quantitative estimate of drug-likeness (QED) is 0.578. The molecule has 2 rings (SSSR count). The molecule has 0 unspecified atom stereocenters. The number of phenols is 1. The summed E-state index contributed by atoms with van der Waals surface area (Å²) in [7, 11) is 0. The summed E-state index contributed by atoms with van der Waals surface area (Å²) in [4.78, 5) is 23.4. The van der Waals surface area contributed by atoms with Gasteiger partial charge in [0, 0.05) is 11.4 Å². The number of benzene rings is 2. The zero-order valence-electron chi connectivity index (χ0n) is 10.9. The number of aromatic hydroxyl groups is 1. The molecule has 0 fully saturated rings. The third-order valence-corrected chi connectivity index (χ3v) is 2.64. The fourth-order valence-corrected chi connectivity index (χ4v) is 1.56. The van der Waals surface area contributed by atoms with Crippen molar-refractivity contribution < 1.29 is 14.7 Å². The Hall–Kier alpha value is -2.82. The van der Waals surface area contributed by atoms with E-state index in [0.29, 0.717) is 11.4 Å². The van der Waals surface area contributed by atoms with Crippen LogP contribution in [0.25, 0.3) is 0 Å². The van der Waals surface area contributed by atoms with Crippen molar-refractivity contribution in [2.75, 3.05) is 10.6 Å². The first kappa shape index (κ1) is 13.6. The van der Waals surface area contributed by atoms with Crippen molar-refractivity contribution in [2.45, 2.75) is 6.92 Å². The molecule has 3 N–H and O–H groups in total. The van der Waals surface area contributed by atoms with Crippen molar-refractivity contribution >= 4 is 23.2 Å². The summed E-state index contributed by atoms with van der Waals surface area (Å²) in [6.07, 6.45) is 0. The van der Waals surface area contributed by atoms with Gasteiger partial charge in [-0.3, -0.25) is 9.59 Å². The van der Waals surface area contributed by atoms with E-state index in [0.717, 1.165) is 5.56 Å². The van der Waals surface area contributed by atoms with Crippen molar-refractivity contribution in [2.24, 2.45) is 0 Å². The summed E-state index contributed by atoms with van der Waals surface area (Å²) in [6, 6.07) is 13.0. The van der Waals surface area contributed by atoms with Crippen LogP contribution in [0.3, 0.4) is 0 Å². The van der Waals surface area contributed by atoms with E-state index in [9.17, 15) is 9.59 Å². The lowest BCUT2D eigenvalue weighted by Gasteiger charge is -2.06. The number of nitrogens with one attached hydrogen (secondary N) is 2. The minimum atomic E-state index is -0.767. The minimum Gasteiger partial charge on any atom is -0.508 e. The van der Waals surface area contributed by atoms with Crippen LogP contribution in [0.15, 0.2) is 48.5 Å². The van der Waals surface area contributed by atoms with Crippen LogP contribution in [0.5, 0.6) is 5.75 Å². The summed E-state index contributed by atoms with van der Waals surface area (Å²) >= 11 is 0. The molecule has 5 nitrogen and oxygen atoms in total. The SMILES string of the molecule is Cc1ccc(NC(=O)C(=O)Nc2ccc(O)cc2)cc1.